The van der Waals surface area contributed by atoms with Crippen LogP contribution in [0.25, 0.3) is 0 Å². The molecule has 0 bridgehead atoms. The van der Waals surface area contributed by atoms with Crippen LogP contribution in [0.1, 0.15) is 72.6 Å². The topological polar surface area (TPSA) is 38.3 Å². The van der Waals surface area contributed by atoms with Crippen molar-refractivity contribution in [1.29, 1.82) is 0 Å². The molecule has 2 fully saturated rings. The summed E-state index contributed by atoms with van der Waals surface area (Å²) in [7, 11) is 0. The number of esters is 1. The summed E-state index contributed by atoms with van der Waals surface area (Å²) in [6, 6.07) is 0.438. The van der Waals surface area contributed by atoms with Gasteiger partial charge in [-0.05, 0) is 44.9 Å². The van der Waals surface area contributed by atoms with Gasteiger partial charge in [0.1, 0.15) is 12.1 Å². The van der Waals surface area contributed by atoms with Gasteiger partial charge in [0.15, 0.2) is 0 Å². The number of rotatable bonds is 5. The highest BCUT2D eigenvalue weighted by atomic mass is 16.5. The van der Waals surface area contributed by atoms with E-state index in [1.54, 1.807) is 0 Å². The lowest BCUT2D eigenvalue weighted by molar-refractivity contribution is -0.151. The SMILES string of the molecule is CCC(NC1CCCCC1)C(=O)OC1CCCC1.[HH]. The maximum absolute atomic E-state index is 12.1. The monoisotopic (exact) mass is 255 g/mol. The Morgan fingerprint density at radius 2 is 1.78 bits per heavy atom. The molecule has 0 heterocycles. The Balaban J connectivity index is 0.00000180. The summed E-state index contributed by atoms with van der Waals surface area (Å²) in [5.74, 6) is -0.0185. The van der Waals surface area contributed by atoms with Crippen molar-refractivity contribution < 1.29 is 11.0 Å². The van der Waals surface area contributed by atoms with Crippen molar-refractivity contribution in [3.63, 3.8) is 0 Å². The fourth-order valence-corrected chi connectivity index (χ4v) is 3.16. The van der Waals surface area contributed by atoms with E-state index in [2.05, 4.69) is 12.2 Å². The Bertz CT molecular complexity index is 261. The molecule has 1 atom stereocenters. The summed E-state index contributed by atoms with van der Waals surface area (Å²) >= 11 is 0. The lowest BCUT2D eigenvalue weighted by Crippen LogP contribution is -2.45. The first-order valence-electron chi connectivity index (χ1n) is 7.76. The van der Waals surface area contributed by atoms with Crippen LogP contribution < -0.4 is 5.32 Å². The minimum Gasteiger partial charge on any atom is -0.461 e. The van der Waals surface area contributed by atoms with Crippen LogP contribution in [0.15, 0.2) is 0 Å². The molecule has 0 aromatic carbocycles. The van der Waals surface area contributed by atoms with Crippen molar-refractivity contribution >= 4 is 5.97 Å². The van der Waals surface area contributed by atoms with Gasteiger partial charge in [0.2, 0.25) is 0 Å². The van der Waals surface area contributed by atoms with Crippen molar-refractivity contribution in [3.05, 3.63) is 0 Å². The molecule has 0 amide bonds. The Morgan fingerprint density at radius 3 is 2.39 bits per heavy atom. The maximum Gasteiger partial charge on any atom is 0.323 e. The van der Waals surface area contributed by atoms with Crippen LogP contribution in [-0.4, -0.2) is 24.2 Å². The quantitative estimate of drug-likeness (QED) is 0.765. The van der Waals surface area contributed by atoms with Crippen LogP contribution in [0.5, 0.6) is 0 Å². The maximum atomic E-state index is 12.1. The number of hydrogen-bond acceptors (Lipinski definition) is 3. The molecule has 2 aliphatic rings. The van der Waals surface area contributed by atoms with Gasteiger partial charge < -0.3 is 10.1 Å². The van der Waals surface area contributed by atoms with Crippen LogP contribution in [0.2, 0.25) is 0 Å². The Hall–Kier alpha value is -0.570. The molecule has 0 aromatic rings. The molecular formula is C15H29NO2. The average molecular weight is 255 g/mol. The van der Waals surface area contributed by atoms with Gasteiger partial charge in [0.05, 0.1) is 0 Å². The van der Waals surface area contributed by atoms with E-state index in [0.717, 1.165) is 19.3 Å². The van der Waals surface area contributed by atoms with Crippen LogP contribution in [0.3, 0.4) is 0 Å². The summed E-state index contributed by atoms with van der Waals surface area (Å²) in [5, 5.41) is 3.50. The molecule has 3 nitrogen and oxygen atoms in total. The molecule has 0 aliphatic heterocycles. The normalized spacial score (nSPS) is 24.1. The van der Waals surface area contributed by atoms with Crippen LogP contribution in [-0.2, 0) is 9.53 Å². The Kier molecular flexibility index (Phi) is 5.48. The lowest BCUT2D eigenvalue weighted by Gasteiger charge is -2.27. The summed E-state index contributed by atoms with van der Waals surface area (Å²) < 4.78 is 5.60. The van der Waals surface area contributed by atoms with Gasteiger partial charge >= 0.3 is 5.97 Å². The van der Waals surface area contributed by atoms with Crippen LogP contribution in [0, 0.1) is 0 Å². The zero-order valence-corrected chi connectivity index (χ0v) is 11.6. The number of nitrogens with one attached hydrogen (secondary N) is 1. The molecule has 2 rings (SSSR count). The molecule has 1 unspecified atom stereocenters. The first kappa shape index (κ1) is 13.9. The molecule has 106 valence electrons. The van der Waals surface area contributed by atoms with E-state index < -0.39 is 0 Å². The van der Waals surface area contributed by atoms with Crippen LogP contribution in [0.4, 0.5) is 0 Å². The summed E-state index contributed by atoms with van der Waals surface area (Å²) in [6.45, 7) is 2.07. The van der Waals surface area contributed by atoms with Gasteiger partial charge in [-0.3, -0.25) is 4.79 Å². The fourth-order valence-electron chi connectivity index (χ4n) is 3.16. The van der Waals surface area contributed by atoms with Gasteiger partial charge in [0, 0.05) is 7.47 Å². The van der Waals surface area contributed by atoms with E-state index in [4.69, 9.17) is 4.74 Å². The highest BCUT2D eigenvalue weighted by Crippen LogP contribution is 2.22. The standard InChI is InChI=1S/C15H27NO2.H2/c1-2-14(16-12-8-4-3-5-9-12)15(17)18-13-10-6-7-11-13;/h12-14,16H,2-11H2,1H3;1H. The van der Waals surface area contributed by atoms with Gasteiger partial charge in [0.25, 0.3) is 0 Å². The van der Waals surface area contributed by atoms with Crippen LogP contribution >= 0.6 is 0 Å². The number of ether oxygens (including phenoxy) is 1. The van der Waals surface area contributed by atoms with E-state index >= 15 is 0 Å². The second-order valence-corrected chi connectivity index (χ2v) is 5.81. The molecule has 3 heteroatoms. The zero-order chi connectivity index (χ0) is 12.8. The minimum absolute atomic E-state index is 0. The smallest absolute Gasteiger partial charge is 0.323 e. The minimum atomic E-state index is -0.0892. The third kappa shape index (κ3) is 3.98. The van der Waals surface area contributed by atoms with E-state index in [-0.39, 0.29) is 19.5 Å². The zero-order valence-electron chi connectivity index (χ0n) is 11.6. The van der Waals surface area contributed by atoms with Gasteiger partial charge in [-0.25, -0.2) is 0 Å². The first-order valence-corrected chi connectivity index (χ1v) is 7.76. The molecule has 18 heavy (non-hydrogen) atoms. The second kappa shape index (κ2) is 7.13. The van der Waals surface area contributed by atoms with Crippen molar-refractivity contribution in [2.24, 2.45) is 0 Å². The molecule has 2 saturated carbocycles. The predicted molar refractivity (Wildman–Crippen MR) is 74.5 cm³/mol. The van der Waals surface area contributed by atoms with Gasteiger partial charge in [-0.15, -0.1) is 0 Å². The lowest BCUT2D eigenvalue weighted by atomic mass is 9.94. The molecule has 1 N–H and O–H groups in total. The van der Waals surface area contributed by atoms with E-state index in [1.807, 2.05) is 0 Å². The Labute approximate surface area is 112 Å². The molecule has 2 aliphatic carbocycles. The summed E-state index contributed by atoms with van der Waals surface area (Å²) in [5.41, 5.74) is 0. The predicted octanol–water partition coefficient (Wildman–Crippen LogP) is 3.42. The number of carbonyl (C=O) groups is 1. The van der Waals surface area contributed by atoms with E-state index in [1.165, 1.54) is 44.9 Å². The van der Waals surface area contributed by atoms with Crippen molar-refractivity contribution in [1.82, 2.24) is 5.32 Å². The van der Waals surface area contributed by atoms with Crippen molar-refractivity contribution in [2.75, 3.05) is 0 Å². The Morgan fingerprint density at radius 1 is 1.17 bits per heavy atom. The number of carbonyl (C=O) groups excluding carboxylic acids is 1. The molecule has 0 radical (unpaired) electrons. The molecule has 0 aromatic heterocycles. The number of hydrogen-bond donors (Lipinski definition) is 1. The first-order chi connectivity index (χ1) is 8.79. The van der Waals surface area contributed by atoms with Gasteiger partial charge in [-0.2, -0.15) is 0 Å². The largest absolute Gasteiger partial charge is 0.461 e. The summed E-state index contributed by atoms with van der Waals surface area (Å²) in [6.07, 6.45) is 12.0. The van der Waals surface area contributed by atoms with E-state index in [9.17, 15) is 4.79 Å². The van der Waals surface area contributed by atoms with Crippen molar-refractivity contribution in [3.8, 4) is 0 Å². The summed E-state index contributed by atoms with van der Waals surface area (Å²) in [4.78, 5) is 12.1. The fraction of sp³-hybridized carbons (Fsp3) is 0.933. The average Bonchev–Trinajstić information content (AvgIpc) is 2.90. The second-order valence-electron chi connectivity index (χ2n) is 5.81. The highest BCUT2D eigenvalue weighted by Gasteiger charge is 2.26. The van der Waals surface area contributed by atoms with Gasteiger partial charge in [-0.1, -0.05) is 26.2 Å². The highest BCUT2D eigenvalue weighted by molar-refractivity contribution is 5.76. The third-order valence-corrected chi connectivity index (χ3v) is 4.32. The molecule has 0 spiro atoms. The molecular weight excluding hydrogens is 226 g/mol. The van der Waals surface area contributed by atoms with E-state index in [0.29, 0.717) is 6.04 Å². The third-order valence-electron chi connectivity index (χ3n) is 4.32. The van der Waals surface area contributed by atoms with Crippen molar-refractivity contribution in [2.45, 2.75) is 89.3 Å². The molecule has 0 saturated heterocycles.